The monoisotopic (exact) mass is 473 g/mol. The Morgan fingerprint density at radius 3 is 2.12 bits per heavy atom. The molecule has 0 aromatic carbocycles. The topological polar surface area (TPSA) is 187 Å². The minimum absolute atomic E-state index is 0.0822. The van der Waals surface area contributed by atoms with Gasteiger partial charge >= 0.3 is 0 Å². The fourth-order valence-corrected chi connectivity index (χ4v) is 3.28. The van der Waals surface area contributed by atoms with Crippen LogP contribution in [0.4, 0.5) is 5.82 Å². The first kappa shape index (κ1) is 25.9. The van der Waals surface area contributed by atoms with Crippen molar-refractivity contribution in [2.75, 3.05) is 19.8 Å². The number of H-pyrrole nitrogens is 1. The molecule has 0 amide bonds. The molecular formula is C19H23N9O2S2. The Morgan fingerprint density at radius 2 is 1.75 bits per heavy atom. The van der Waals surface area contributed by atoms with E-state index in [-0.39, 0.29) is 23.2 Å². The fourth-order valence-electron chi connectivity index (χ4n) is 1.93. The van der Waals surface area contributed by atoms with E-state index < -0.39 is 0 Å². The van der Waals surface area contributed by atoms with Gasteiger partial charge in [0.05, 0.1) is 28.1 Å². The number of nitrogens with zero attached hydrogens (tertiary/aromatic N) is 4. The number of nitrogens with two attached hydrogens (primary N) is 4. The van der Waals surface area contributed by atoms with Gasteiger partial charge in [0.2, 0.25) is 23.2 Å². The Morgan fingerprint density at radius 1 is 1.19 bits per heavy atom. The zero-order valence-electron chi connectivity index (χ0n) is 17.4. The molecule has 0 spiro atoms. The number of aromatic nitrogens is 2. The normalized spacial score (nSPS) is 9.84. The van der Waals surface area contributed by atoms with E-state index in [2.05, 4.69) is 26.0 Å². The van der Waals surface area contributed by atoms with Crippen molar-refractivity contribution in [2.45, 2.75) is 0 Å². The summed E-state index contributed by atoms with van der Waals surface area (Å²) in [6.07, 6.45) is 2.98. The van der Waals surface area contributed by atoms with Crippen LogP contribution in [-0.4, -0.2) is 46.7 Å². The number of carbonyl (C=O) groups is 2. The Hall–Kier alpha value is -4.15. The largest absolute Gasteiger partial charge is 0.393 e. The molecule has 0 aliphatic heterocycles. The molecule has 11 nitrogen and oxygen atoms in total. The minimum Gasteiger partial charge on any atom is -0.393 e. The summed E-state index contributed by atoms with van der Waals surface area (Å²) in [7, 11) is 3.57. The van der Waals surface area contributed by atoms with Gasteiger partial charge in [0.1, 0.15) is 5.82 Å². The predicted octanol–water partition coefficient (Wildman–Crippen LogP) is 1.67. The van der Waals surface area contributed by atoms with Crippen molar-refractivity contribution in [3.8, 4) is 0 Å². The lowest BCUT2D eigenvalue weighted by Gasteiger charge is -2.04. The van der Waals surface area contributed by atoms with E-state index in [1.165, 1.54) is 35.1 Å². The number of nitrogens with one attached hydrogen (secondary N) is 1. The molecule has 32 heavy (non-hydrogen) atoms. The van der Waals surface area contributed by atoms with Gasteiger partial charge in [-0.2, -0.15) is 5.10 Å². The lowest BCUT2D eigenvalue weighted by atomic mass is 10.2. The second-order valence-electron chi connectivity index (χ2n) is 5.95. The SMILES string of the molecule is NN=C(N)N.Nc1[nH]ncc1C(=O)c1cccs1.[C-]#[N+]/C(=C\N(C)C)C(=O)c1cccs1. The quantitative estimate of drug-likeness (QED) is 0.0703. The lowest BCUT2D eigenvalue weighted by molar-refractivity contribution is 0.103. The van der Waals surface area contributed by atoms with Crippen LogP contribution in [0.5, 0.6) is 0 Å². The Labute approximate surface area is 192 Å². The number of nitrogen functional groups attached to an aromatic ring is 1. The molecule has 0 saturated heterocycles. The van der Waals surface area contributed by atoms with E-state index in [9.17, 15) is 9.59 Å². The highest BCUT2D eigenvalue weighted by atomic mass is 32.1. The van der Waals surface area contributed by atoms with Gasteiger partial charge in [0.15, 0.2) is 0 Å². The smallest absolute Gasteiger partial charge is 0.250 e. The molecule has 3 aromatic heterocycles. The van der Waals surface area contributed by atoms with Crippen LogP contribution in [0.2, 0.25) is 0 Å². The maximum atomic E-state index is 11.7. The number of thiophene rings is 2. The average Bonchev–Trinajstić information content (AvgIpc) is 3.54. The second-order valence-corrected chi connectivity index (χ2v) is 7.85. The molecule has 9 N–H and O–H groups in total. The number of aromatic amines is 1. The molecule has 0 bridgehead atoms. The number of carbonyl (C=O) groups excluding carboxylic acids is 2. The van der Waals surface area contributed by atoms with Gasteiger partial charge in [-0.1, -0.05) is 12.1 Å². The summed E-state index contributed by atoms with van der Waals surface area (Å²) in [6.45, 7) is 6.90. The van der Waals surface area contributed by atoms with Crippen molar-refractivity contribution in [2.24, 2.45) is 22.4 Å². The summed E-state index contributed by atoms with van der Waals surface area (Å²) in [5, 5.41) is 12.7. The molecule has 3 aromatic rings. The third-order valence-electron chi connectivity index (χ3n) is 3.29. The molecule has 0 radical (unpaired) electrons. The minimum atomic E-state index is -0.205. The van der Waals surface area contributed by atoms with Crippen molar-refractivity contribution in [1.82, 2.24) is 15.1 Å². The number of guanidine groups is 1. The molecule has 0 unspecified atom stereocenters. The van der Waals surface area contributed by atoms with Crippen LogP contribution in [0, 0.1) is 6.57 Å². The van der Waals surface area contributed by atoms with E-state index in [1.807, 2.05) is 16.8 Å². The zero-order valence-corrected chi connectivity index (χ0v) is 19.0. The number of ketones is 2. The molecular weight excluding hydrogens is 450 g/mol. The van der Waals surface area contributed by atoms with E-state index in [0.29, 0.717) is 21.1 Å². The lowest BCUT2D eigenvalue weighted by Crippen LogP contribution is -2.23. The zero-order chi connectivity index (χ0) is 24.1. The van der Waals surface area contributed by atoms with Gasteiger partial charge in [-0.3, -0.25) is 9.89 Å². The van der Waals surface area contributed by atoms with Crippen LogP contribution in [0.3, 0.4) is 0 Å². The second kappa shape index (κ2) is 13.2. The third-order valence-corrected chi connectivity index (χ3v) is 5.02. The Kier molecular flexibility index (Phi) is 10.7. The highest BCUT2D eigenvalue weighted by Gasteiger charge is 2.14. The fraction of sp³-hybridized carbons (Fsp3) is 0.105. The van der Waals surface area contributed by atoms with Crippen molar-refractivity contribution in [3.63, 3.8) is 0 Å². The van der Waals surface area contributed by atoms with Crippen molar-refractivity contribution < 1.29 is 9.59 Å². The van der Waals surface area contributed by atoms with Gasteiger partial charge < -0.3 is 32.7 Å². The van der Waals surface area contributed by atoms with Crippen LogP contribution in [0.1, 0.15) is 24.9 Å². The third kappa shape index (κ3) is 8.30. The summed E-state index contributed by atoms with van der Waals surface area (Å²) in [5.41, 5.74) is 15.5. The van der Waals surface area contributed by atoms with Crippen molar-refractivity contribution >= 4 is 46.0 Å². The van der Waals surface area contributed by atoms with E-state index in [1.54, 1.807) is 37.2 Å². The van der Waals surface area contributed by atoms with Gasteiger partial charge in [-0.15, -0.1) is 27.8 Å². The van der Waals surface area contributed by atoms with Crippen molar-refractivity contribution in [3.05, 3.63) is 79.9 Å². The van der Waals surface area contributed by atoms with Gasteiger partial charge in [-0.05, 0) is 22.9 Å². The van der Waals surface area contributed by atoms with Crippen LogP contribution >= 0.6 is 22.7 Å². The maximum absolute atomic E-state index is 11.7. The Balaban J connectivity index is 0.000000266. The maximum Gasteiger partial charge on any atom is 0.250 e. The van der Waals surface area contributed by atoms with Crippen LogP contribution in [0.15, 0.2) is 58.2 Å². The highest BCUT2D eigenvalue weighted by molar-refractivity contribution is 7.12. The summed E-state index contributed by atoms with van der Waals surface area (Å²) in [4.78, 5) is 29.5. The van der Waals surface area contributed by atoms with Crippen LogP contribution in [0.25, 0.3) is 4.85 Å². The number of anilines is 1. The summed E-state index contributed by atoms with van der Waals surface area (Å²) < 4.78 is 0. The molecule has 13 heteroatoms. The number of Topliss-reactive ketones (excluding diaryl/α,β-unsaturated/α-hetero) is 1. The van der Waals surface area contributed by atoms with Crippen LogP contribution in [-0.2, 0) is 0 Å². The van der Waals surface area contributed by atoms with E-state index >= 15 is 0 Å². The number of allylic oxidation sites excluding steroid dienone is 1. The molecule has 0 aliphatic rings. The first-order valence-corrected chi connectivity index (χ1v) is 10.5. The summed E-state index contributed by atoms with van der Waals surface area (Å²) in [6, 6.07) is 7.12. The summed E-state index contributed by atoms with van der Waals surface area (Å²) >= 11 is 2.74. The molecule has 0 fully saturated rings. The molecule has 168 valence electrons. The number of rotatable bonds is 5. The molecule has 0 saturated carbocycles. The first-order chi connectivity index (χ1) is 15.2. The van der Waals surface area contributed by atoms with Gasteiger partial charge in [0, 0.05) is 20.3 Å². The number of hydrogen-bond donors (Lipinski definition) is 5. The standard InChI is InChI=1S/C10H10N2OS.C8H7N3OS.CH6N4/c1-11-8(7-12(2)3)10(13)9-5-4-6-14-9;9-8-5(4-10-11-8)7(12)6-2-1-3-13-6;2-1(3)5-4/h4-7H,2-3H3;1-4H,(H3,9,10,11);4H2,(H4,2,3,5)/b8-7-;;. The highest BCUT2D eigenvalue weighted by Crippen LogP contribution is 2.17. The van der Waals surface area contributed by atoms with E-state index in [4.69, 9.17) is 23.8 Å². The molecule has 0 atom stereocenters. The molecule has 0 aliphatic carbocycles. The first-order valence-electron chi connectivity index (χ1n) is 8.71. The van der Waals surface area contributed by atoms with Crippen LogP contribution < -0.4 is 23.0 Å². The van der Waals surface area contributed by atoms with Gasteiger partial charge in [0.25, 0.3) is 0 Å². The molecule has 3 rings (SSSR count). The van der Waals surface area contributed by atoms with E-state index in [0.717, 1.165) is 0 Å². The Bertz CT molecular complexity index is 1090. The van der Waals surface area contributed by atoms with Crippen molar-refractivity contribution in [1.29, 1.82) is 0 Å². The molecule has 3 heterocycles. The number of hydrazone groups is 1. The van der Waals surface area contributed by atoms with Gasteiger partial charge in [-0.25, -0.2) is 4.85 Å². The summed E-state index contributed by atoms with van der Waals surface area (Å²) in [5.74, 6) is 4.45. The average molecular weight is 474 g/mol. The number of hydrogen-bond acceptors (Lipinski definition) is 9. The predicted molar refractivity (Wildman–Crippen MR) is 128 cm³/mol.